The molecule has 0 atom stereocenters. The SMILES string of the molecule is CC(=O)NNC(=S)N/C=C(/C#N)S(=O)(=O)c1ccc(C)cc1. The van der Waals surface area contributed by atoms with E-state index in [4.69, 9.17) is 17.5 Å². The average molecular weight is 338 g/mol. The van der Waals surface area contributed by atoms with Gasteiger partial charge in [0.15, 0.2) is 10.0 Å². The summed E-state index contributed by atoms with van der Waals surface area (Å²) in [5.41, 5.74) is 5.44. The number of sulfone groups is 1. The molecule has 0 saturated carbocycles. The van der Waals surface area contributed by atoms with Crippen molar-refractivity contribution in [2.75, 3.05) is 0 Å². The second kappa shape index (κ2) is 7.53. The first-order valence-corrected chi connectivity index (χ1v) is 7.91. The fraction of sp³-hybridized carbons (Fsp3) is 0.154. The third kappa shape index (κ3) is 4.83. The Labute approximate surface area is 133 Å². The maximum absolute atomic E-state index is 12.3. The van der Waals surface area contributed by atoms with E-state index in [1.165, 1.54) is 19.1 Å². The molecule has 0 aliphatic heterocycles. The molecule has 1 aromatic rings. The molecule has 0 bridgehead atoms. The highest BCUT2D eigenvalue weighted by Crippen LogP contribution is 2.18. The van der Waals surface area contributed by atoms with Gasteiger partial charge in [-0.2, -0.15) is 5.26 Å². The van der Waals surface area contributed by atoms with Crippen LogP contribution < -0.4 is 16.2 Å². The molecule has 7 nitrogen and oxygen atoms in total. The normalized spacial score (nSPS) is 11.2. The van der Waals surface area contributed by atoms with Crippen molar-refractivity contribution in [2.45, 2.75) is 18.7 Å². The largest absolute Gasteiger partial charge is 0.336 e. The fourth-order valence-electron chi connectivity index (χ4n) is 1.33. The number of hydrogen-bond donors (Lipinski definition) is 3. The smallest absolute Gasteiger partial charge is 0.235 e. The Morgan fingerprint density at radius 3 is 2.36 bits per heavy atom. The van der Waals surface area contributed by atoms with Gasteiger partial charge in [0, 0.05) is 13.1 Å². The highest BCUT2D eigenvalue weighted by Gasteiger charge is 2.20. The molecule has 0 heterocycles. The number of allylic oxidation sites excluding steroid dienone is 1. The monoisotopic (exact) mass is 338 g/mol. The topological polar surface area (TPSA) is 111 Å². The van der Waals surface area contributed by atoms with E-state index >= 15 is 0 Å². The lowest BCUT2D eigenvalue weighted by atomic mass is 10.2. The van der Waals surface area contributed by atoms with E-state index < -0.39 is 14.7 Å². The van der Waals surface area contributed by atoms with Crippen LogP contribution in [-0.4, -0.2) is 19.4 Å². The summed E-state index contributed by atoms with van der Waals surface area (Å²) in [6.07, 6.45) is 0.965. The zero-order valence-electron chi connectivity index (χ0n) is 11.9. The average Bonchev–Trinajstić information content (AvgIpc) is 2.46. The van der Waals surface area contributed by atoms with Crippen LogP contribution in [0.25, 0.3) is 0 Å². The number of nitrogens with zero attached hydrogens (tertiary/aromatic N) is 1. The van der Waals surface area contributed by atoms with Gasteiger partial charge in [0.1, 0.15) is 6.07 Å². The van der Waals surface area contributed by atoms with Crippen molar-refractivity contribution >= 4 is 33.1 Å². The van der Waals surface area contributed by atoms with Crippen LogP contribution >= 0.6 is 12.2 Å². The predicted octanol–water partition coefficient (Wildman–Crippen LogP) is 0.649. The molecule has 1 aromatic carbocycles. The van der Waals surface area contributed by atoms with Gasteiger partial charge in [-0.25, -0.2) is 8.42 Å². The molecule has 22 heavy (non-hydrogen) atoms. The fourth-order valence-corrected chi connectivity index (χ4v) is 2.52. The lowest BCUT2D eigenvalue weighted by Crippen LogP contribution is -2.44. The number of aryl methyl sites for hydroxylation is 1. The van der Waals surface area contributed by atoms with Crippen LogP contribution in [0.4, 0.5) is 0 Å². The summed E-state index contributed by atoms with van der Waals surface area (Å²) in [7, 11) is -3.93. The van der Waals surface area contributed by atoms with E-state index in [0.717, 1.165) is 11.8 Å². The molecule has 1 rings (SSSR count). The van der Waals surface area contributed by atoms with Gasteiger partial charge in [-0.15, -0.1) is 0 Å². The van der Waals surface area contributed by atoms with Crippen LogP contribution in [0.5, 0.6) is 0 Å². The number of rotatable bonds is 3. The molecule has 1 amide bonds. The Morgan fingerprint density at radius 1 is 1.27 bits per heavy atom. The third-order valence-corrected chi connectivity index (χ3v) is 4.32. The van der Waals surface area contributed by atoms with Gasteiger partial charge >= 0.3 is 0 Å². The molecule has 0 spiro atoms. The molecule has 0 aliphatic carbocycles. The maximum atomic E-state index is 12.3. The number of carbonyl (C=O) groups excluding carboxylic acids is 1. The van der Waals surface area contributed by atoms with Crippen molar-refractivity contribution in [2.24, 2.45) is 0 Å². The van der Waals surface area contributed by atoms with Gasteiger partial charge in [-0.05, 0) is 31.3 Å². The van der Waals surface area contributed by atoms with Gasteiger partial charge in [-0.1, -0.05) is 17.7 Å². The van der Waals surface area contributed by atoms with Crippen molar-refractivity contribution < 1.29 is 13.2 Å². The van der Waals surface area contributed by atoms with Crippen LogP contribution in [0.1, 0.15) is 12.5 Å². The lowest BCUT2D eigenvalue weighted by Gasteiger charge is -2.08. The lowest BCUT2D eigenvalue weighted by molar-refractivity contribution is -0.119. The zero-order chi connectivity index (χ0) is 16.8. The van der Waals surface area contributed by atoms with E-state index in [1.54, 1.807) is 18.2 Å². The first-order valence-electron chi connectivity index (χ1n) is 6.02. The summed E-state index contributed by atoms with van der Waals surface area (Å²) in [6, 6.07) is 7.73. The second-order valence-electron chi connectivity index (χ2n) is 4.22. The summed E-state index contributed by atoms with van der Waals surface area (Å²) in [6.45, 7) is 3.10. The molecular formula is C13H14N4O3S2. The highest BCUT2D eigenvalue weighted by molar-refractivity contribution is 7.95. The summed E-state index contributed by atoms with van der Waals surface area (Å²) < 4.78 is 24.6. The van der Waals surface area contributed by atoms with E-state index in [9.17, 15) is 13.2 Å². The molecule has 0 unspecified atom stereocenters. The van der Waals surface area contributed by atoms with Gasteiger partial charge in [-0.3, -0.25) is 15.6 Å². The van der Waals surface area contributed by atoms with E-state index in [2.05, 4.69) is 16.2 Å². The van der Waals surface area contributed by atoms with Crippen LogP contribution in [0.15, 0.2) is 40.3 Å². The number of thiocarbonyl (C=S) groups is 1. The van der Waals surface area contributed by atoms with Crippen LogP contribution in [0.3, 0.4) is 0 Å². The number of nitriles is 1. The molecule has 9 heteroatoms. The molecule has 0 aromatic heterocycles. The van der Waals surface area contributed by atoms with Gasteiger partial charge in [0.2, 0.25) is 15.7 Å². The molecular weight excluding hydrogens is 324 g/mol. The first kappa shape index (κ1) is 17.6. The number of benzene rings is 1. The molecule has 0 radical (unpaired) electrons. The third-order valence-electron chi connectivity index (χ3n) is 2.42. The van der Waals surface area contributed by atoms with Crippen LogP contribution in [0.2, 0.25) is 0 Å². The minimum absolute atomic E-state index is 0.00781. The Bertz CT molecular complexity index is 746. The van der Waals surface area contributed by atoms with Crippen molar-refractivity contribution in [3.8, 4) is 6.07 Å². The summed E-state index contributed by atoms with van der Waals surface area (Å²) in [4.78, 5) is 10.2. The van der Waals surface area contributed by atoms with Gasteiger partial charge in [0.05, 0.1) is 4.90 Å². The van der Waals surface area contributed by atoms with Crippen LogP contribution in [0, 0.1) is 18.3 Å². The minimum atomic E-state index is -3.93. The van der Waals surface area contributed by atoms with Crippen molar-refractivity contribution in [3.63, 3.8) is 0 Å². The predicted molar refractivity (Wildman–Crippen MR) is 84.7 cm³/mol. The molecule has 3 N–H and O–H groups in total. The van der Waals surface area contributed by atoms with Crippen molar-refractivity contribution in [1.82, 2.24) is 16.2 Å². The number of nitrogens with one attached hydrogen (secondary N) is 3. The molecule has 0 saturated heterocycles. The van der Waals surface area contributed by atoms with Crippen molar-refractivity contribution in [3.05, 3.63) is 40.9 Å². The van der Waals surface area contributed by atoms with Gasteiger partial charge < -0.3 is 5.32 Å². The van der Waals surface area contributed by atoms with Crippen molar-refractivity contribution in [1.29, 1.82) is 5.26 Å². The quantitative estimate of drug-likeness (QED) is 0.421. The Balaban J connectivity index is 2.93. The standard InChI is InChI=1S/C13H14N4O3S2/c1-9-3-5-11(6-4-9)22(19,20)12(7-14)8-15-13(21)17-16-10(2)18/h3-6,8H,1-2H3,(H,16,18)(H2,15,17,21)/b12-8-. The number of carbonyl (C=O) groups is 1. The summed E-state index contributed by atoms with van der Waals surface area (Å²) in [5.74, 6) is -0.374. The van der Waals surface area contributed by atoms with E-state index in [0.29, 0.717) is 0 Å². The Hall–Kier alpha value is -2.44. The first-order chi connectivity index (χ1) is 10.3. The minimum Gasteiger partial charge on any atom is -0.336 e. The zero-order valence-corrected chi connectivity index (χ0v) is 13.5. The summed E-state index contributed by atoms with van der Waals surface area (Å²) >= 11 is 4.81. The number of hydrogen-bond acceptors (Lipinski definition) is 5. The van der Waals surface area contributed by atoms with E-state index in [-0.39, 0.29) is 15.9 Å². The number of amides is 1. The summed E-state index contributed by atoms with van der Waals surface area (Å²) in [5, 5.41) is 11.4. The molecule has 116 valence electrons. The Morgan fingerprint density at radius 2 is 1.86 bits per heavy atom. The van der Waals surface area contributed by atoms with Crippen LogP contribution in [-0.2, 0) is 14.6 Å². The number of hydrazine groups is 1. The molecule has 0 fully saturated rings. The second-order valence-corrected chi connectivity index (χ2v) is 6.54. The van der Waals surface area contributed by atoms with Gasteiger partial charge in [0.25, 0.3) is 0 Å². The van der Waals surface area contributed by atoms with E-state index in [1.807, 2.05) is 6.92 Å². The molecule has 0 aliphatic rings. The Kier molecular flexibility index (Phi) is 6.03. The highest BCUT2D eigenvalue weighted by atomic mass is 32.2. The maximum Gasteiger partial charge on any atom is 0.235 e.